The fourth-order valence-corrected chi connectivity index (χ4v) is 4.68. The SMILES string of the molecule is COCCOc1ccc(S(=O)(=O)N2CCN(Cc3ccccn3)CC2)cc1C. The van der Waals surface area contributed by atoms with E-state index in [4.69, 9.17) is 9.47 Å². The van der Waals surface area contributed by atoms with Crippen molar-refractivity contribution < 1.29 is 17.9 Å². The van der Waals surface area contributed by atoms with E-state index >= 15 is 0 Å². The standard InChI is InChI=1S/C20H27N3O4S/c1-17-15-19(6-7-20(17)27-14-13-26-2)28(24,25)23-11-9-22(10-12-23)16-18-5-3-4-8-21-18/h3-8,15H,9-14,16H2,1-2H3. The maximum absolute atomic E-state index is 13.0. The van der Waals surface area contributed by atoms with Gasteiger partial charge >= 0.3 is 0 Å². The van der Waals surface area contributed by atoms with Crippen LogP contribution in [0.5, 0.6) is 5.75 Å². The molecule has 1 aliphatic heterocycles. The highest BCUT2D eigenvalue weighted by molar-refractivity contribution is 7.89. The van der Waals surface area contributed by atoms with Crippen LogP contribution >= 0.6 is 0 Å². The Kier molecular flexibility index (Phi) is 7.01. The first-order valence-electron chi connectivity index (χ1n) is 9.35. The van der Waals surface area contributed by atoms with Gasteiger partial charge in [0.15, 0.2) is 0 Å². The number of nitrogens with zero attached hydrogens (tertiary/aromatic N) is 3. The zero-order valence-corrected chi connectivity index (χ0v) is 17.2. The number of pyridine rings is 1. The molecule has 0 spiro atoms. The van der Waals surface area contributed by atoms with Crippen LogP contribution in [0.25, 0.3) is 0 Å². The quantitative estimate of drug-likeness (QED) is 0.625. The molecule has 0 radical (unpaired) electrons. The lowest BCUT2D eigenvalue weighted by molar-refractivity contribution is 0.146. The highest BCUT2D eigenvalue weighted by atomic mass is 32.2. The summed E-state index contributed by atoms with van der Waals surface area (Å²) in [4.78, 5) is 6.88. The summed E-state index contributed by atoms with van der Waals surface area (Å²) in [6.07, 6.45) is 1.78. The molecule has 0 amide bonds. The number of hydrogen-bond donors (Lipinski definition) is 0. The second kappa shape index (κ2) is 9.47. The number of ether oxygens (including phenoxy) is 2. The summed E-state index contributed by atoms with van der Waals surface area (Å²) in [6.45, 7) is 5.83. The zero-order chi connectivity index (χ0) is 20.0. The maximum Gasteiger partial charge on any atom is 0.243 e. The number of methoxy groups -OCH3 is 1. The minimum Gasteiger partial charge on any atom is -0.491 e. The molecule has 3 rings (SSSR count). The number of piperazine rings is 1. The molecule has 2 aromatic rings. The minimum atomic E-state index is -3.51. The van der Waals surface area contributed by atoms with Crippen molar-refractivity contribution in [2.75, 3.05) is 46.5 Å². The van der Waals surface area contributed by atoms with Crippen LogP contribution in [-0.2, 0) is 21.3 Å². The van der Waals surface area contributed by atoms with Crippen LogP contribution < -0.4 is 4.74 Å². The van der Waals surface area contributed by atoms with Crippen molar-refractivity contribution in [2.24, 2.45) is 0 Å². The molecule has 8 heteroatoms. The average molecular weight is 406 g/mol. The number of aromatic nitrogens is 1. The lowest BCUT2D eigenvalue weighted by atomic mass is 10.2. The Hall–Kier alpha value is -2.00. The number of rotatable bonds is 8. The largest absolute Gasteiger partial charge is 0.491 e. The summed E-state index contributed by atoms with van der Waals surface area (Å²) < 4.78 is 38.2. The van der Waals surface area contributed by atoms with Gasteiger partial charge in [-0.1, -0.05) is 6.07 Å². The molecule has 0 aliphatic carbocycles. The van der Waals surface area contributed by atoms with Gasteiger partial charge in [0, 0.05) is 46.0 Å². The normalized spacial score (nSPS) is 16.2. The predicted octanol–water partition coefficient (Wildman–Crippen LogP) is 1.92. The van der Waals surface area contributed by atoms with Crippen molar-refractivity contribution in [3.05, 3.63) is 53.9 Å². The Morgan fingerprint density at radius 2 is 1.86 bits per heavy atom. The average Bonchev–Trinajstić information content (AvgIpc) is 2.70. The molecule has 1 aromatic heterocycles. The lowest BCUT2D eigenvalue weighted by Crippen LogP contribution is -2.48. The van der Waals surface area contributed by atoms with Gasteiger partial charge in [-0.15, -0.1) is 0 Å². The Bertz CT molecular complexity index is 866. The van der Waals surface area contributed by atoms with Crippen molar-refractivity contribution >= 4 is 10.0 Å². The van der Waals surface area contributed by atoms with Gasteiger partial charge in [0.2, 0.25) is 10.0 Å². The van der Waals surface area contributed by atoms with E-state index in [-0.39, 0.29) is 0 Å². The molecule has 0 bridgehead atoms. The highest BCUT2D eigenvalue weighted by Gasteiger charge is 2.29. The van der Waals surface area contributed by atoms with Gasteiger partial charge in [-0.3, -0.25) is 9.88 Å². The summed E-state index contributed by atoms with van der Waals surface area (Å²) in [5.74, 6) is 0.677. The molecule has 152 valence electrons. The van der Waals surface area contributed by atoms with E-state index < -0.39 is 10.0 Å². The van der Waals surface area contributed by atoms with E-state index in [1.54, 1.807) is 35.8 Å². The molecule has 1 aromatic carbocycles. The van der Waals surface area contributed by atoms with Gasteiger partial charge in [-0.05, 0) is 42.8 Å². The van der Waals surface area contributed by atoms with Gasteiger partial charge in [-0.2, -0.15) is 4.31 Å². The van der Waals surface area contributed by atoms with Crippen LogP contribution in [0.1, 0.15) is 11.3 Å². The highest BCUT2D eigenvalue weighted by Crippen LogP contribution is 2.25. The van der Waals surface area contributed by atoms with Gasteiger partial charge in [0.25, 0.3) is 0 Å². The zero-order valence-electron chi connectivity index (χ0n) is 16.4. The molecule has 0 unspecified atom stereocenters. The third kappa shape index (κ3) is 5.08. The van der Waals surface area contributed by atoms with Gasteiger partial charge in [-0.25, -0.2) is 8.42 Å². The smallest absolute Gasteiger partial charge is 0.243 e. The van der Waals surface area contributed by atoms with Crippen LogP contribution in [0.15, 0.2) is 47.5 Å². The van der Waals surface area contributed by atoms with Crippen LogP contribution in [0.2, 0.25) is 0 Å². The minimum absolute atomic E-state index is 0.308. The number of aryl methyl sites for hydroxylation is 1. The van der Waals surface area contributed by atoms with Gasteiger partial charge in [0.05, 0.1) is 17.2 Å². The van der Waals surface area contributed by atoms with Crippen LogP contribution in [0.4, 0.5) is 0 Å². The molecule has 2 heterocycles. The van der Waals surface area contributed by atoms with Gasteiger partial charge in [0.1, 0.15) is 12.4 Å². The molecule has 0 atom stereocenters. The van der Waals surface area contributed by atoms with E-state index in [9.17, 15) is 8.42 Å². The summed E-state index contributed by atoms with van der Waals surface area (Å²) >= 11 is 0. The van der Waals surface area contributed by atoms with Crippen molar-refractivity contribution in [2.45, 2.75) is 18.4 Å². The fourth-order valence-electron chi connectivity index (χ4n) is 3.18. The molecule has 1 aliphatic rings. The summed E-state index contributed by atoms with van der Waals surface area (Å²) in [7, 11) is -1.90. The molecule has 0 saturated carbocycles. The monoisotopic (exact) mass is 405 g/mol. The van der Waals surface area contributed by atoms with E-state index in [0.29, 0.717) is 50.0 Å². The lowest BCUT2D eigenvalue weighted by Gasteiger charge is -2.33. The summed E-state index contributed by atoms with van der Waals surface area (Å²) in [6, 6.07) is 10.9. The summed E-state index contributed by atoms with van der Waals surface area (Å²) in [5, 5.41) is 0. The topological polar surface area (TPSA) is 72.0 Å². The fraction of sp³-hybridized carbons (Fsp3) is 0.450. The molecular weight excluding hydrogens is 378 g/mol. The van der Waals surface area contributed by atoms with E-state index in [1.807, 2.05) is 25.1 Å². The van der Waals surface area contributed by atoms with Crippen LogP contribution in [0, 0.1) is 6.92 Å². The third-order valence-corrected chi connectivity index (χ3v) is 6.67. The molecule has 0 N–H and O–H groups in total. The van der Waals surface area contributed by atoms with E-state index in [2.05, 4.69) is 9.88 Å². The second-order valence-electron chi connectivity index (χ2n) is 6.77. The van der Waals surface area contributed by atoms with Crippen molar-refractivity contribution in [3.8, 4) is 5.75 Å². The van der Waals surface area contributed by atoms with Crippen molar-refractivity contribution in [1.82, 2.24) is 14.2 Å². The Morgan fingerprint density at radius 1 is 1.07 bits per heavy atom. The molecule has 1 saturated heterocycles. The first kappa shape index (κ1) is 20.7. The van der Waals surface area contributed by atoms with Crippen molar-refractivity contribution in [1.29, 1.82) is 0 Å². The van der Waals surface area contributed by atoms with E-state index in [1.165, 1.54) is 0 Å². The van der Waals surface area contributed by atoms with E-state index in [0.717, 1.165) is 17.8 Å². The molecular formula is C20H27N3O4S. The van der Waals surface area contributed by atoms with Crippen molar-refractivity contribution in [3.63, 3.8) is 0 Å². The Morgan fingerprint density at radius 3 is 2.50 bits per heavy atom. The number of hydrogen-bond acceptors (Lipinski definition) is 6. The van der Waals surface area contributed by atoms with Crippen LogP contribution in [0.3, 0.4) is 0 Å². The third-order valence-electron chi connectivity index (χ3n) is 4.77. The maximum atomic E-state index is 13.0. The van der Waals surface area contributed by atoms with Gasteiger partial charge < -0.3 is 9.47 Å². The molecule has 7 nitrogen and oxygen atoms in total. The Labute approximate surface area is 166 Å². The number of sulfonamides is 1. The molecule has 1 fully saturated rings. The first-order chi connectivity index (χ1) is 13.5. The Balaban J connectivity index is 1.61. The second-order valence-corrected chi connectivity index (χ2v) is 8.71. The predicted molar refractivity (Wildman–Crippen MR) is 107 cm³/mol. The summed E-state index contributed by atoms with van der Waals surface area (Å²) in [5.41, 5.74) is 1.80. The molecule has 28 heavy (non-hydrogen) atoms. The van der Waals surface area contributed by atoms with Crippen LogP contribution in [-0.4, -0.2) is 69.1 Å². The first-order valence-corrected chi connectivity index (χ1v) is 10.8. The number of benzene rings is 1.